The van der Waals surface area contributed by atoms with Gasteiger partial charge in [0.1, 0.15) is 5.75 Å². The van der Waals surface area contributed by atoms with Gasteiger partial charge in [-0.2, -0.15) is 0 Å². The van der Waals surface area contributed by atoms with Gasteiger partial charge in [-0.15, -0.1) is 0 Å². The van der Waals surface area contributed by atoms with Crippen molar-refractivity contribution in [2.75, 3.05) is 14.2 Å². The molecule has 0 saturated heterocycles. The van der Waals surface area contributed by atoms with Gasteiger partial charge in [-0.25, -0.2) is 0 Å². The van der Waals surface area contributed by atoms with Crippen LogP contribution in [0.3, 0.4) is 0 Å². The molecule has 0 bridgehead atoms. The lowest BCUT2D eigenvalue weighted by Crippen LogP contribution is -2.33. The number of aliphatic hydroxyl groups is 1. The standard InChI is InChI=1S/C17H27NO4/c1-4-5-13(19)10-15(16(18)11-17(20)22-3)12-6-8-14(21-2)9-7-12/h6-9,13,15-16,19H,4-5,10-11,18H2,1-3H3/t13-,15+,16?/m1/s1. The molecule has 124 valence electrons. The fourth-order valence-electron chi connectivity index (χ4n) is 2.57. The molecule has 0 aliphatic rings. The lowest BCUT2D eigenvalue weighted by molar-refractivity contribution is -0.141. The highest BCUT2D eigenvalue weighted by molar-refractivity contribution is 5.70. The fourth-order valence-corrected chi connectivity index (χ4v) is 2.57. The molecular formula is C17H27NO4. The van der Waals surface area contributed by atoms with Crippen LogP contribution in [0.1, 0.15) is 44.1 Å². The van der Waals surface area contributed by atoms with Gasteiger partial charge in [-0.05, 0) is 30.5 Å². The number of esters is 1. The minimum absolute atomic E-state index is 0.105. The maximum Gasteiger partial charge on any atom is 0.307 e. The molecule has 1 unspecified atom stereocenters. The van der Waals surface area contributed by atoms with Crippen LogP contribution in [0, 0.1) is 0 Å². The molecule has 0 fully saturated rings. The van der Waals surface area contributed by atoms with Gasteiger partial charge in [-0.1, -0.05) is 25.5 Å². The number of carbonyl (C=O) groups is 1. The number of hydrogen-bond acceptors (Lipinski definition) is 5. The summed E-state index contributed by atoms with van der Waals surface area (Å²) in [4.78, 5) is 11.5. The average molecular weight is 309 g/mol. The lowest BCUT2D eigenvalue weighted by atomic mass is 9.84. The second kappa shape index (κ2) is 9.43. The second-order valence-electron chi connectivity index (χ2n) is 5.50. The molecule has 0 aliphatic carbocycles. The van der Waals surface area contributed by atoms with E-state index in [1.54, 1.807) is 7.11 Å². The van der Waals surface area contributed by atoms with Crippen LogP contribution in [0.4, 0.5) is 0 Å². The van der Waals surface area contributed by atoms with Crippen molar-refractivity contribution >= 4 is 5.97 Å². The lowest BCUT2D eigenvalue weighted by Gasteiger charge is -2.26. The Morgan fingerprint density at radius 2 is 1.91 bits per heavy atom. The van der Waals surface area contributed by atoms with Crippen LogP contribution >= 0.6 is 0 Å². The Morgan fingerprint density at radius 1 is 1.27 bits per heavy atom. The van der Waals surface area contributed by atoms with Crippen LogP contribution in [0.15, 0.2) is 24.3 Å². The quantitative estimate of drug-likeness (QED) is 0.684. The molecule has 0 radical (unpaired) electrons. The summed E-state index contributed by atoms with van der Waals surface area (Å²) in [5.74, 6) is 0.320. The van der Waals surface area contributed by atoms with E-state index in [0.29, 0.717) is 6.42 Å². The van der Waals surface area contributed by atoms with Gasteiger partial charge >= 0.3 is 5.97 Å². The highest BCUT2D eigenvalue weighted by Crippen LogP contribution is 2.28. The predicted molar refractivity (Wildman–Crippen MR) is 85.9 cm³/mol. The zero-order valence-electron chi connectivity index (χ0n) is 13.6. The van der Waals surface area contributed by atoms with Crippen LogP contribution in [-0.4, -0.2) is 37.4 Å². The molecule has 5 nitrogen and oxygen atoms in total. The predicted octanol–water partition coefficient (Wildman–Crippen LogP) is 2.22. The van der Waals surface area contributed by atoms with E-state index in [2.05, 4.69) is 0 Å². The summed E-state index contributed by atoms with van der Waals surface area (Å²) < 4.78 is 9.85. The Hall–Kier alpha value is -1.59. The van der Waals surface area contributed by atoms with Crippen molar-refractivity contribution < 1.29 is 19.4 Å². The Morgan fingerprint density at radius 3 is 2.41 bits per heavy atom. The van der Waals surface area contributed by atoms with E-state index >= 15 is 0 Å². The normalized spacial score (nSPS) is 15.0. The van der Waals surface area contributed by atoms with Crippen molar-refractivity contribution in [1.29, 1.82) is 0 Å². The average Bonchev–Trinajstić information content (AvgIpc) is 2.52. The maximum atomic E-state index is 11.5. The van der Waals surface area contributed by atoms with E-state index in [-0.39, 0.29) is 18.3 Å². The Bertz CT molecular complexity index is 446. The van der Waals surface area contributed by atoms with Gasteiger partial charge in [0.25, 0.3) is 0 Å². The van der Waals surface area contributed by atoms with E-state index in [1.165, 1.54) is 7.11 Å². The number of carbonyl (C=O) groups excluding carboxylic acids is 1. The van der Waals surface area contributed by atoms with Gasteiger partial charge in [0.15, 0.2) is 0 Å². The van der Waals surface area contributed by atoms with Crippen LogP contribution < -0.4 is 10.5 Å². The Balaban J connectivity index is 2.90. The monoisotopic (exact) mass is 309 g/mol. The molecule has 0 saturated carbocycles. The molecule has 5 heteroatoms. The third-order valence-electron chi connectivity index (χ3n) is 3.84. The molecular weight excluding hydrogens is 282 g/mol. The molecule has 1 rings (SSSR count). The molecule has 0 amide bonds. The zero-order valence-corrected chi connectivity index (χ0v) is 13.6. The SMILES string of the molecule is CCC[C@@H](O)C[C@@H](c1ccc(OC)cc1)C(N)CC(=O)OC. The highest BCUT2D eigenvalue weighted by Gasteiger charge is 2.25. The first-order valence-electron chi connectivity index (χ1n) is 7.66. The van der Waals surface area contributed by atoms with Crippen LogP contribution in [-0.2, 0) is 9.53 Å². The van der Waals surface area contributed by atoms with Gasteiger partial charge in [0.05, 0.1) is 26.7 Å². The summed E-state index contributed by atoms with van der Waals surface area (Å²) in [6.45, 7) is 2.03. The molecule has 0 aromatic heterocycles. The zero-order chi connectivity index (χ0) is 16.5. The molecule has 22 heavy (non-hydrogen) atoms. The van der Waals surface area contributed by atoms with Gasteiger partial charge in [0, 0.05) is 12.0 Å². The first-order valence-corrected chi connectivity index (χ1v) is 7.66. The number of methoxy groups -OCH3 is 2. The van der Waals surface area contributed by atoms with Crippen LogP contribution in [0.25, 0.3) is 0 Å². The summed E-state index contributed by atoms with van der Waals surface area (Å²) in [6.07, 6.45) is 1.85. The van der Waals surface area contributed by atoms with E-state index in [1.807, 2.05) is 31.2 Å². The van der Waals surface area contributed by atoms with E-state index in [4.69, 9.17) is 15.2 Å². The summed E-state index contributed by atoms with van der Waals surface area (Å²) in [5.41, 5.74) is 7.19. The minimum Gasteiger partial charge on any atom is -0.497 e. The van der Waals surface area contributed by atoms with Crippen molar-refractivity contribution in [2.45, 2.75) is 50.7 Å². The molecule has 3 atom stereocenters. The topological polar surface area (TPSA) is 81.8 Å². The molecule has 0 aliphatic heterocycles. The molecule has 3 N–H and O–H groups in total. The maximum absolute atomic E-state index is 11.5. The fraction of sp³-hybridized carbons (Fsp3) is 0.588. The highest BCUT2D eigenvalue weighted by atomic mass is 16.5. The molecule has 1 aromatic carbocycles. The van der Waals surface area contributed by atoms with Crippen LogP contribution in [0.5, 0.6) is 5.75 Å². The van der Waals surface area contributed by atoms with Crippen molar-refractivity contribution in [3.05, 3.63) is 29.8 Å². The van der Waals surface area contributed by atoms with Crippen molar-refractivity contribution in [3.63, 3.8) is 0 Å². The summed E-state index contributed by atoms with van der Waals surface area (Å²) in [5, 5.41) is 10.1. The van der Waals surface area contributed by atoms with E-state index in [9.17, 15) is 9.90 Å². The number of aliphatic hydroxyl groups excluding tert-OH is 1. The summed E-state index contributed by atoms with van der Waals surface area (Å²) in [6, 6.07) is 7.18. The Labute approximate surface area is 132 Å². The number of rotatable bonds is 9. The molecule has 1 aromatic rings. The minimum atomic E-state index is -0.430. The third-order valence-corrected chi connectivity index (χ3v) is 3.84. The largest absolute Gasteiger partial charge is 0.497 e. The molecule has 0 heterocycles. The van der Waals surface area contributed by atoms with Gasteiger partial charge < -0.3 is 20.3 Å². The molecule has 0 spiro atoms. The van der Waals surface area contributed by atoms with E-state index in [0.717, 1.165) is 24.2 Å². The van der Waals surface area contributed by atoms with Crippen molar-refractivity contribution in [3.8, 4) is 5.75 Å². The number of benzene rings is 1. The summed E-state index contributed by atoms with van der Waals surface area (Å²) >= 11 is 0. The third kappa shape index (κ3) is 5.66. The smallest absolute Gasteiger partial charge is 0.307 e. The van der Waals surface area contributed by atoms with Gasteiger partial charge in [0.2, 0.25) is 0 Å². The Kier molecular flexibility index (Phi) is 7.91. The number of ether oxygens (including phenoxy) is 2. The first-order chi connectivity index (χ1) is 10.5. The summed E-state index contributed by atoms with van der Waals surface area (Å²) in [7, 11) is 2.96. The van der Waals surface area contributed by atoms with Crippen molar-refractivity contribution in [1.82, 2.24) is 0 Å². The number of hydrogen-bond donors (Lipinski definition) is 2. The van der Waals surface area contributed by atoms with E-state index < -0.39 is 12.1 Å². The van der Waals surface area contributed by atoms with Gasteiger partial charge in [-0.3, -0.25) is 4.79 Å². The van der Waals surface area contributed by atoms with Crippen molar-refractivity contribution in [2.24, 2.45) is 5.73 Å². The first kappa shape index (κ1) is 18.5. The number of nitrogens with two attached hydrogens (primary N) is 1. The second-order valence-corrected chi connectivity index (χ2v) is 5.50. The van der Waals surface area contributed by atoms with Crippen LogP contribution in [0.2, 0.25) is 0 Å².